The van der Waals surface area contributed by atoms with Crippen LogP contribution in [0.15, 0.2) is 88.7 Å². The van der Waals surface area contributed by atoms with Crippen LogP contribution in [0.3, 0.4) is 0 Å². The van der Waals surface area contributed by atoms with Gasteiger partial charge in [0.05, 0.1) is 46.2 Å². The Kier molecular flexibility index (Phi) is 8.04. The van der Waals surface area contributed by atoms with Crippen LogP contribution in [0.5, 0.6) is 23.0 Å². The number of carbonyl (C=O) groups is 2. The van der Waals surface area contributed by atoms with Gasteiger partial charge >= 0.3 is 0 Å². The molecule has 0 radical (unpaired) electrons. The first-order chi connectivity index (χ1) is 19.9. The molecule has 1 aliphatic rings. The summed E-state index contributed by atoms with van der Waals surface area (Å²) in [6.07, 6.45) is 0. The fraction of sp³-hybridized carbons (Fsp3) is 0.161. The van der Waals surface area contributed by atoms with Crippen molar-refractivity contribution in [2.45, 2.75) is 16.3 Å². The van der Waals surface area contributed by atoms with Crippen molar-refractivity contribution in [2.24, 2.45) is 0 Å². The number of amides is 2. The van der Waals surface area contributed by atoms with Crippen LogP contribution in [0.1, 0.15) is 26.3 Å². The molecule has 4 aromatic carbocycles. The zero-order valence-electron chi connectivity index (χ0n) is 22.9. The first kappa shape index (κ1) is 27.9. The zero-order valence-corrected chi connectivity index (χ0v) is 23.7. The second-order valence-corrected chi connectivity index (χ2v) is 10.5. The molecule has 41 heavy (non-hydrogen) atoms. The molecular weight excluding hydrogens is 544 g/mol. The highest BCUT2D eigenvalue weighted by Crippen LogP contribution is 2.37. The second kappa shape index (κ2) is 11.8. The van der Waals surface area contributed by atoms with E-state index in [1.807, 2.05) is 6.07 Å². The zero-order chi connectivity index (χ0) is 29.1. The van der Waals surface area contributed by atoms with Crippen molar-refractivity contribution in [3.63, 3.8) is 0 Å². The van der Waals surface area contributed by atoms with Gasteiger partial charge < -0.3 is 33.7 Å². The van der Waals surface area contributed by atoms with Crippen molar-refractivity contribution >= 4 is 34.4 Å². The molecule has 0 spiro atoms. The van der Waals surface area contributed by atoms with Crippen molar-refractivity contribution in [2.75, 3.05) is 38.7 Å². The fourth-order valence-electron chi connectivity index (χ4n) is 4.63. The van der Waals surface area contributed by atoms with Crippen molar-refractivity contribution in [1.82, 2.24) is 0 Å². The Labute approximate surface area is 240 Å². The maximum Gasteiger partial charge on any atom is 0.260 e. The van der Waals surface area contributed by atoms with Gasteiger partial charge in [-0.2, -0.15) is 0 Å². The molecule has 210 valence electrons. The minimum Gasteiger partial charge on any atom is -0.606 e. The molecule has 0 aliphatic carbocycles. The maximum atomic E-state index is 14.2. The SMILES string of the molecule is COc1ccc(CN(C(=O)c2ccc3c(c2)NC(=O)c2ccccc2[S+]3[O-])c2ccc(OC)c(OC)c2)c(OC)c1. The Morgan fingerprint density at radius 3 is 2.29 bits per heavy atom. The number of hydrogen-bond donors (Lipinski definition) is 1. The molecule has 1 atom stereocenters. The number of hydrogen-bond acceptors (Lipinski definition) is 7. The summed E-state index contributed by atoms with van der Waals surface area (Å²) in [5.41, 5.74) is 2.20. The van der Waals surface area contributed by atoms with Gasteiger partial charge in [0.25, 0.3) is 11.8 Å². The van der Waals surface area contributed by atoms with Gasteiger partial charge in [-0.1, -0.05) is 12.1 Å². The molecule has 0 aromatic heterocycles. The van der Waals surface area contributed by atoms with Crippen LogP contribution in [0.2, 0.25) is 0 Å². The van der Waals surface area contributed by atoms with Gasteiger partial charge in [-0.15, -0.1) is 0 Å². The molecule has 1 unspecified atom stereocenters. The Morgan fingerprint density at radius 1 is 0.805 bits per heavy atom. The number of nitrogens with one attached hydrogen (secondary N) is 1. The fourth-order valence-corrected chi connectivity index (χ4v) is 5.93. The van der Waals surface area contributed by atoms with Crippen molar-refractivity contribution in [1.29, 1.82) is 0 Å². The first-order valence-electron chi connectivity index (χ1n) is 12.6. The van der Waals surface area contributed by atoms with Crippen LogP contribution >= 0.6 is 0 Å². The quantitative estimate of drug-likeness (QED) is 0.285. The predicted molar refractivity (Wildman–Crippen MR) is 155 cm³/mol. The summed E-state index contributed by atoms with van der Waals surface area (Å²) in [6.45, 7) is 0.141. The Balaban J connectivity index is 1.57. The smallest absolute Gasteiger partial charge is 0.260 e. The van der Waals surface area contributed by atoms with Crippen molar-refractivity contribution in [3.8, 4) is 23.0 Å². The highest BCUT2D eigenvalue weighted by Gasteiger charge is 2.31. The normalized spacial score (nSPS) is 13.7. The number of ether oxygens (including phenoxy) is 4. The topological polar surface area (TPSA) is 109 Å². The lowest BCUT2D eigenvalue weighted by Gasteiger charge is -2.25. The number of anilines is 2. The number of nitrogens with zero attached hydrogens (tertiary/aromatic N) is 1. The molecule has 0 saturated heterocycles. The average Bonchev–Trinajstić information content (AvgIpc) is 3.12. The van der Waals surface area contributed by atoms with Gasteiger partial charge in [-0.05, 0) is 54.6 Å². The van der Waals surface area contributed by atoms with E-state index in [1.165, 1.54) is 14.2 Å². The van der Waals surface area contributed by atoms with E-state index in [4.69, 9.17) is 18.9 Å². The van der Waals surface area contributed by atoms with Crippen LogP contribution in [0.4, 0.5) is 11.4 Å². The van der Waals surface area contributed by atoms with Crippen molar-refractivity contribution < 1.29 is 33.1 Å². The summed E-state index contributed by atoms with van der Waals surface area (Å²) in [4.78, 5) is 29.5. The molecule has 0 fully saturated rings. The molecule has 1 aliphatic heterocycles. The van der Waals surface area contributed by atoms with E-state index in [2.05, 4.69) is 5.32 Å². The Bertz CT molecular complexity index is 1620. The van der Waals surface area contributed by atoms with Gasteiger partial charge in [0.2, 0.25) is 0 Å². The molecule has 1 heterocycles. The van der Waals surface area contributed by atoms with Gasteiger partial charge in [0.15, 0.2) is 21.3 Å². The Hall–Kier alpha value is -4.67. The molecule has 0 bridgehead atoms. The van der Waals surface area contributed by atoms with E-state index in [0.29, 0.717) is 49.7 Å². The molecule has 0 saturated carbocycles. The molecule has 2 amide bonds. The van der Waals surface area contributed by atoms with Crippen LogP contribution in [-0.4, -0.2) is 44.8 Å². The van der Waals surface area contributed by atoms with E-state index >= 15 is 0 Å². The summed E-state index contributed by atoms with van der Waals surface area (Å²) in [5, 5.41) is 2.82. The van der Waals surface area contributed by atoms with Gasteiger partial charge in [-0.25, -0.2) is 0 Å². The molecular formula is C31H28N2O7S. The summed E-state index contributed by atoms with van der Waals surface area (Å²) in [5.74, 6) is 1.37. The predicted octanol–water partition coefficient (Wildman–Crippen LogP) is 5.30. The first-order valence-corrected chi connectivity index (χ1v) is 13.7. The van der Waals surface area contributed by atoms with Crippen LogP contribution < -0.4 is 29.2 Å². The van der Waals surface area contributed by atoms with Crippen LogP contribution in [-0.2, 0) is 17.7 Å². The highest BCUT2D eigenvalue weighted by atomic mass is 32.2. The van der Waals surface area contributed by atoms with Crippen LogP contribution in [0, 0.1) is 0 Å². The highest BCUT2D eigenvalue weighted by molar-refractivity contribution is 7.91. The van der Waals surface area contributed by atoms with E-state index in [0.717, 1.165) is 5.56 Å². The second-order valence-electron chi connectivity index (χ2n) is 9.04. The number of methoxy groups -OCH3 is 4. The average molecular weight is 573 g/mol. The maximum absolute atomic E-state index is 14.2. The minimum absolute atomic E-state index is 0.141. The van der Waals surface area contributed by atoms with Crippen LogP contribution in [0.25, 0.3) is 0 Å². The lowest BCUT2D eigenvalue weighted by atomic mass is 10.1. The molecule has 10 heteroatoms. The van der Waals surface area contributed by atoms with Gasteiger partial charge in [0, 0.05) is 40.1 Å². The van der Waals surface area contributed by atoms with E-state index < -0.39 is 17.1 Å². The monoisotopic (exact) mass is 572 g/mol. The standard InChI is InChI=1S/C31H28N2O7S/c1-37-22-12-9-20(26(17-22)39-3)18-33(21-11-13-25(38-2)27(16-21)40-4)31(35)19-10-14-29-24(15-19)32-30(34)23-7-5-6-8-28(23)41(29)36/h5-17H,18H2,1-4H3,(H,32,34). The van der Waals surface area contributed by atoms with Crippen molar-refractivity contribution in [3.05, 3.63) is 95.6 Å². The summed E-state index contributed by atoms with van der Waals surface area (Å²) in [7, 11) is 6.17. The number of carbonyl (C=O) groups excluding carboxylic acids is 2. The summed E-state index contributed by atoms with van der Waals surface area (Å²) >= 11 is -1.61. The summed E-state index contributed by atoms with van der Waals surface area (Å²) < 4.78 is 35.2. The number of benzene rings is 4. The number of fused-ring (bicyclic) bond motifs is 2. The van der Waals surface area contributed by atoms with E-state index in [-0.39, 0.29) is 18.0 Å². The summed E-state index contributed by atoms with van der Waals surface area (Å²) in [6, 6.07) is 22.1. The third-order valence-electron chi connectivity index (χ3n) is 6.75. The lowest BCUT2D eigenvalue weighted by molar-refractivity contribution is 0.0982. The third-order valence-corrected chi connectivity index (χ3v) is 8.26. The third kappa shape index (κ3) is 5.39. The lowest BCUT2D eigenvalue weighted by Crippen LogP contribution is -2.31. The molecule has 5 rings (SSSR count). The van der Waals surface area contributed by atoms with Gasteiger partial charge in [-0.3, -0.25) is 9.59 Å². The minimum atomic E-state index is -1.61. The van der Waals surface area contributed by atoms with Gasteiger partial charge in [0.1, 0.15) is 11.5 Å². The number of rotatable bonds is 8. The molecule has 4 aromatic rings. The largest absolute Gasteiger partial charge is 0.606 e. The molecule has 9 nitrogen and oxygen atoms in total. The van der Waals surface area contributed by atoms with E-state index in [9.17, 15) is 14.1 Å². The Morgan fingerprint density at radius 2 is 1.56 bits per heavy atom. The van der Waals surface area contributed by atoms with E-state index in [1.54, 1.807) is 91.9 Å². The molecule has 1 N–H and O–H groups in total.